The van der Waals surface area contributed by atoms with E-state index in [1.807, 2.05) is 37.3 Å². The molecule has 0 spiro atoms. The molecule has 0 atom stereocenters. The molecule has 0 fully saturated rings. The van der Waals surface area contributed by atoms with E-state index in [1.165, 1.54) is 0 Å². The number of benzene rings is 1. The van der Waals surface area contributed by atoms with Gasteiger partial charge in [-0.2, -0.15) is 0 Å². The number of carbonyl (C=O) groups excluding carboxylic acids is 2. The number of fused-ring (bicyclic) bond motifs is 1. The van der Waals surface area contributed by atoms with Crippen molar-refractivity contribution in [2.75, 3.05) is 11.4 Å². The molecule has 0 saturated carbocycles. The monoisotopic (exact) mass is 309 g/mol. The van der Waals surface area contributed by atoms with Crippen LogP contribution in [0.5, 0.6) is 0 Å². The van der Waals surface area contributed by atoms with Crippen LogP contribution in [0.1, 0.15) is 34.8 Å². The lowest BCUT2D eigenvalue weighted by molar-refractivity contribution is -0.118. The number of nitrogens with one attached hydrogen (secondary N) is 1. The highest BCUT2D eigenvalue weighted by Gasteiger charge is 2.27. The van der Waals surface area contributed by atoms with E-state index in [2.05, 4.69) is 10.3 Å². The van der Waals surface area contributed by atoms with Gasteiger partial charge in [0.25, 0.3) is 5.91 Å². The Morgan fingerprint density at radius 3 is 2.74 bits per heavy atom. The second-order valence-electron chi connectivity index (χ2n) is 5.49. The molecule has 2 amide bonds. The first kappa shape index (κ1) is 15.2. The van der Waals surface area contributed by atoms with Gasteiger partial charge in [0.05, 0.1) is 0 Å². The molecule has 3 rings (SSSR count). The number of anilines is 1. The largest absolute Gasteiger partial charge is 0.348 e. The smallest absolute Gasteiger partial charge is 0.251 e. The van der Waals surface area contributed by atoms with Crippen molar-refractivity contribution in [2.45, 2.75) is 26.3 Å². The Balaban J connectivity index is 1.77. The third-order valence-corrected chi connectivity index (χ3v) is 4.08. The number of rotatable bonds is 4. The van der Waals surface area contributed by atoms with Crippen molar-refractivity contribution >= 4 is 17.5 Å². The molecule has 0 aliphatic carbocycles. The van der Waals surface area contributed by atoms with Crippen molar-refractivity contribution in [1.82, 2.24) is 10.3 Å². The van der Waals surface area contributed by atoms with Crippen LogP contribution in [-0.4, -0.2) is 23.3 Å². The van der Waals surface area contributed by atoms with E-state index in [4.69, 9.17) is 0 Å². The topological polar surface area (TPSA) is 62.3 Å². The number of hydrogen-bond donors (Lipinski definition) is 1. The summed E-state index contributed by atoms with van der Waals surface area (Å²) in [6.45, 7) is 2.96. The van der Waals surface area contributed by atoms with Crippen LogP contribution < -0.4 is 10.2 Å². The highest BCUT2D eigenvalue weighted by atomic mass is 16.2. The van der Waals surface area contributed by atoms with Gasteiger partial charge in [-0.25, -0.2) is 0 Å². The molecular formula is C18H19N3O2. The molecule has 5 nitrogen and oxygen atoms in total. The first-order valence-electron chi connectivity index (χ1n) is 7.80. The van der Waals surface area contributed by atoms with Gasteiger partial charge in [-0.15, -0.1) is 0 Å². The molecule has 1 aromatic carbocycles. The van der Waals surface area contributed by atoms with Crippen molar-refractivity contribution < 1.29 is 9.59 Å². The third-order valence-electron chi connectivity index (χ3n) is 4.08. The van der Waals surface area contributed by atoms with E-state index in [9.17, 15) is 9.59 Å². The van der Waals surface area contributed by atoms with Gasteiger partial charge in [0.1, 0.15) is 0 Å². The predicted octanol–water partition coefficient (Wildman–Crippen LogP) is 2.31. The third kappa shape index (κ3) is 3.08. The first-order valence-corrected chi connectivity index (χ1v) is 7.80. The summed E-state index contributed by atoms with van der Waals surface area (Å²) in [5.74, 6) is -0.0115. The van der Waals surface area contributed by atoms with E-state index in [0.29, 0.717) is 25.1 Å². The van der Waals surface area contributed by atoms with Crippen LogP contribution in [0, 0.1) is 0 Å². The summed E-state index contributed by atoms with van der Waals surface area (Å²) in [4.78, 5) is 30.2. The Bertz CT molecular complexity index is 728. The summed E-state index contributed by atoms with van der Waals surface area (Å²) in [6, 6.07) is 9.31. The van der Waals surface area contributed by atoms with Crippen LogP contribution in [-0.2, 0) is 17.8 Å². The number of carbonyl (C=O) groups is 2. The molecule has 5 heteroatoms. The van der Waals surface area contributed by atoms with E-state index >= 15 is 0 Å². The molecule has 0 radical (unpaired) electrons. The fraction of sp³-hybridized carbons (Fsp3) is 0.278. The minimum atomic E-state index is -0.107. The van der Waals surface area contributed by atoms with Crippen molar-refractivity contribution in [3.8, 4) is 0 Å². The molecule has 23 heavy (non-hydrogen) atoms. The lowest BCUT2D eigenvalue weighted by Gasteiger charge is -2.16. The zero-order valence-electron chi connectivity index (χ0n) is 13.1. The first-order chi connectivity index (χ1) is 11.2. The molecular weight excluding hydrogens is 290 g/mol. The van der Waals surface area contributed by atoms with Crippen molar-refractivity contribution in [1.29, 1.82) is 0 Å². The number of pyridine rings is 1. The van der Waals surface area contributed by atoms with Crippen molar-refractivity contribution in [3.63, 3.8) is 0 Å². The molecule has 1 aliphatic rings. The van der Waals surface area contributed by atoms with Crippen LogP contribution >= 0.6 is 0 Å². The predicted molar refractivity (Wildman–Crippen MR) is 88.2 cm³/mol. The Morgan fingerprint density at radius 2 is 2.00 bits per heavy atom. The molecule has 2 aromatic rings. The SMILES string of the molecule is CCC(=O)N1CCc2c(C(=O)NCc3ccncc3)cccc21. The van der Waals surface area contributed by atoms with Crippen molar-refractivity contribution in [3.05, 3.63) is 59.4 Å². The maximum absolute atomic E-state index is 12.5. The zero-order chi connectivity index (χ0) is 16.2. The van der Waals surface area contributed by atoms with Crippen LogP contribution in [0.4, 0.5) is 5.69 Å². The fourth-order valence-electron chi connectivity index (χ4n) is 2.88. The van der Waals surface area contributed by atoms with Gasteiger partial charge in [-0.05, 0) is 41.8 Å². The zero-order valence-corrected chi connectivity index (χ0v) is 13.1. The number of nitrogens with zero attached hydrogens (tertiary/aromatic N) is 2. The molecule has 118 valence electrons. The Labute approximate surface area is 135 Å². The average Bonchev–Trinajstić information content (AvgIpc) is 3.04. The van der Waals surface area contributed by atoms with E-state index in [0.717, 1.165) is 23.2 Å². The van der Waals surface area contributed by atoms with Crippen molar-refractivity contribution in [2.24, 2.45) is 0 Å². The minimum absolute atomic E-state index is 0.0955. The van der Waals surface area contributed by atoms with E-state index < -0.39 is 0 Å². The standard InChI is InChI=1S/C18H19N3O2/c1-2-17(22)21-11-8-14-15(4-3-5-16(14)21)18(23)20-12-13-6-9-19-10-7-13/h3-7,9-10H,2,8,11-12H2,1H3,(H,20,23). The van der Waals surface area contributed by atoms with Crippen LogP contribution in [0.2, 0.25) is 0 Å². The summed E-state index contributed by atoms with van der Waals surface area (Å²) < 4.78 is 0. The van der Waals surface area contributed by atoms with Crippen LogP contribution in [0.25, 0.3) is 0 Å². The van der Waals surface area contributed by atoms with Gasteiger partial charge >= 0.3 is 0 Å². The normalized spacial score (nSPS) is 12.8. The maximum atomic E-state index is 12.5. The molecule has 2 heterocycles. The number of amides is 2. The van der Waals surface area contributed by atoms with Gasteiger partial charge in [0.15, 0.2) is 0 Å². The molecule has 1 N–H and O–H groups in total. The fourth-order valence-corrected chi connectivity index (χ4v) is 2.88. The molecule has 0 bridgehead atoms. The van der Waals surface area contributed by atoms with E-state index in [1.54, 1.807) is 17.3 Å². The van der Waals surface area contributed by atoms with Gasteiger partial charge in [0, 0.05) is 43.2 Å². The molecule has 0 saturated heterocycles. The van der Waals surface area contributed by atoms with Gasteiger partial charge in [-0.3, -0.25) is 14.6 Å². The van der Waals surface area contributed by atoms with Gasteiger partial charge in [0.2, 0.25) is 5.91 Å². The maximum Gasteiger partial charge on any atom is 0.251 e. The lowest BCUT2D eigenvalue weighted by Crippen LogP contribution is -2.27. The van der Waals surface area contributed by atoms with Crippen LogP contribution in [0.15, 0.2) is 42.7 Å². The number of hydrogen-bond acceptors (Lipinski definition) is 3. The molecule has 0 unspecified atom stereocenters. The quantitative estimate of drug-likeness (QED) is 0.942. The summed E-state index contributed by atoms with van der Waals surface area (Å²) in [5, 5.41) is 2.93. The summed E-state index contributed by atoms with van der Waals surface area (Å²) in [5.41, 5.74) is 3.49. The average molecular weight is 309 g/mol. The second-order valence-corrected chi connectivity index (χ2v) is 5.49. The van der Waals surface area contributed by atoms with Gasteiger partial charge in [-0.1, -0.05) is 13.0 Å². The highest BCUT2D eigenvalue weighted by molar-refractivity contribution is 6.01. The molecule has 1 aliphatic heterocycles. The van der Waals surface area contributed by atoms with Crippen LogP contribution in [0.3, 0.4) is 0 Å². The Morgan fingerprint density at radius 1 is 1.22 bits per heavy atom. The Kier molecular flexibility index (Phi) is 4.37. The minimum Gasteiger partial charge on any atom is -0.348 e. The molecule has 1 aromatic heterocycles. The highest BCUT2D eigenvalue weighted by Crippen LogP contribution is 2.31. The Hall–Kier alpha value is -2.69. The summed E-state index contributed by atoms with van der Waals surface area (Å²) in [7, 11) is 0. The lowest BCUT2D eigenvalue weighted by atomic mass is 10.0. The summed E-state index contributed by atoms with van der Waals surface area (Å²) >= 11 is 0. The van der Waals surface area contributed by atoms with Gasteiger partial charge < -0.3 is 10.2 Å². The number of aromatic nitrogens is 1. The van der Waals surface area contributed by atoms with E-state index in [-0.39, 0.29) is 11.8 Å². The second kappa shape index (κ2) is 6.60. The summed E-state index contributed by atoms with van der Waals surface area (Å²) in [6.07, 6.45) is 4.60.